The standard InChI is InChI=1S/C24H31N3O2/c28-23-17-25-22(20-9-2-3-10-21(20)23)16-18-7-6-8-19(15-18)26-24(29)11-14-27-12-4-1-5-13-27/h6-8,15H,1-5,9-14,16-17H2,(H,26,29). The predicted molar refractivity (Wildman–Crippen MR) is 116 cm³/mol. The van der Waals surface area contributed by atoms with E-state index in [-0.39, 0.29) is 11.7 Å². The topological polar surface area (TPSA) is 61.8 Å². The van der Waals surface area contributed by atoms with Crippen molar-refractivity contribution >= 4 is 23.1 Å². The van der Waals surface area contributed by atoms with Gasteiger partial charge in [0.05, 0.1) is 0 Å². The maximum Gasteiger partial charge on any atom is 0.225 e. The summed E-state index contributed by atoms with van der Waals surface area (Å²) in [6.07, 6.45) is 9.18. The normalized spacial score (nSPS) is 20.3. The molecular formula is C24H31N3O2. The van der Waals surface area contributed by atoms with E-state index in [1.807, 2.05) is 18.2 Å². The van der Waals surface area contributed by atoms with Crippen LogP contribution in [0.2, 0.25) is 0 Å². The fourth-order valence-electron chi connectivity index (χ4n) is 4.67. The van der Waals surface area contributed by atoms with E-state index in [0.29, 0.717) is 13.0 Å². The maximum absolute atomic E-state index is 12.4. The third-order valence-electron chi connectivity index (χ3n) is 6.25. The van der Waals surface area contributed by atoms with Crippen molar-refractivity contribution in [3.8, 4) is 0 Å². The Balaban J connectivity index is 1.35. The molecule has 1 N–H and O–H groups in total. The van der Waals surface area contributed by atoms with Crippen LogP contribution in [-0.2, 0) is 16.0 Å². The summed E-state index contributed by atoms with van der Waals surface area (Å²) in [5.74, 6) is 0.281. The highest BCUT2D eigenvalue weighted by Gasteiger charge is 2.25. The smallest absolute Gasteiger partial charge is 0.225 e. The van der Waals surface area contributed by atoms with Gasteiger partial charge in [-0.15, -0.1) is 0 Å². The first kappa shape index (κ1) is 20.0. The summed E-state index contributed by atoms with van der Waals surface area (Å²) in [4.78, 5) is 31.5. The van der Waals surface area contributed by atoms with Crippen LogP contribution in [0.5, 0.6) is 0 Å². The Morgan fingerprint density at radius 3 is 2.66 bits per heavy atom. The third kappa shape index (κ3) is 5.21. The summed E-state index contributed by atoms with van der Waals surface area (Å²) in [6.45, 7) is 3.37. The van der Waals surface area contributed by atoms with Crippen molar-refractivity contribution in [1.82, 2.24) is 4.90 Å². The van der Waals surface area contributed by atoms with Gasteiger partial charge in [0.1, 0.15) is 6.54 Å². The number of hydrogen-bond acceptors (Lipinski definition) is 4. The van der Waals surface area contributed by atoms with E-state index in [2.05, 4.69) is 21.3 Å². The Hall–Kier alpha value is -2.27. The molecule has 1 aromatic rings. The van der Waals surface area contributed by atoms with Crippen molar-refractivity contribution < 1.29 is 9.59 Å². The second-order valence-corrected chi connectivity index (χ2v) is 8.43. The van der Waals surface area contributed by atoms with Crippen LogP contribution in [0.4, 0.5) is 5.69 Å². The van der Waals surface area contributed by atoms with Crippen LogP contribution in [0.25, 0.3) is 0 Å². The number of allylic oxidation sites excluding steroid dienone is 1. The first-order valence-electron chi connectivity index (χ1n) is 11.1. The number of nitrogens with zero attached hydrogens (tertiary/aromatic N) is 2. The molecule has 4 rings (SSSR count). The minimum absolute atomic E-state index is 0.0746. The first-order chi connectivity index (χ1) is 14.2. The summed E-state index contributed by atoms with van der Waals surface area (Å²) in [6, 6.07) is 8.05. The zero-order valence-corrected chi connectivity index (χ0v) is 17.2. The molecule has 1 fully saturated rings. The van der Waals surface area contributed by atoms with E-state index in [9.17, 15) is 9.59 Å². The number of aliphatic imine (C=N–C) groups is 1. The summed E-state index contributed by atoms with van der Waals surface area (Å²) >= 11 is 0. The van der Waals surface area contributed by atoms with Gasteiger partial charge in [-0.25, -0.2) is 0 Å². The molecule has 1 aliphatic carbocycles. The van der Waals surface area contributed by atoms with Crippen LogP contribution in [-0.4, -0.2) is 48.5 Å². The molecule has 0 radical (unpaired) electrons. The van der Waals surface area contributed by atoms with Gasteiger partial charge in [-0.05, 0) is 74.9 Å². The Bertz CT molecular complexity index is 834. The molecule has 0 atom stereocenters. The lowest BCUT2D eigenvalue weighted by molar-refractivity contribution is -0.116. The summed E-state index contributed by atoms with van der Waals surface area (Å²) in [7, 11) is 0. The Labute approximate surface area is 173 Å². The Morgan fingerprint density at radius 2 is 1.83 bits per heavy atom. The summed E-state index contributed by atoms with van der Waals surface area (Å²) < 4.78 is 0. The number of carbonyl (C=O) groups excluding carboxylic acids is 2. The number of dihydropyridines is 1. The van der Waals surface area contributed by atoms with Crippen molar-refractivity contribution in [1.29, 1.82) is 0 Å². The Morgan fingerprint density at radius 1 is 1.03 bits per heavy atom. The van der Waals surface area contributed by atoms with Crippen molar-refractivity contribution in [2.45, 2.75) is 57.8 Å². The minimum Gasteiger partial charge on any atom is -0.326 e. The van der Waals surface area contributed by atoms with E-state index in [0.717, 1.165) is 74.3 Å². The molecule has 0 aromatic heterocycles. The molecule has 1 aromatic carbocycles. The lowest BCUT2D eigenvalue weighted by Crippen LogP contribution is -2.32. The second kappa shape index (κ2) is 9.49. The number of hydrogen-bond donors (Lipinski definition) is 1. The first-order valence-corrected chi connectivity index (χ1v) is 11.1. The lowest BCUT2D eigenvalue weighted by Gasteiger charge is -2.26. The van der Waals surface area contributed by atoms with E-state index < -0.39 is 0 Å². The molecule has 2 aliphatic heterocycles. The number of piperidine rings is 1. The van der Waals surface area contributed by atoms with Crippen LogP contribution in [0.1, 0.15) is 56.9 Å². The highest BCUT2D eigenvalue weighted by molar-refractivity contribution is 6.14. The van der Waals surface area contributed by atoms with E-state index >= 15 is 0 Å². The molecule has 5 nitrogen and oxygen atoms in total. The average Bonchev–Trinajstić information content (AvgIpc) is 2.75. The summed E-state index contributed by atoms with van der Waals surface area (Å²) in [5.41, 5.74) is 5.24. The number of benzene rings is 1. The predicted octanol–water partition coefficient (Wildman–Crippen LogP) is 3.94. The van der Waals surface area contributed by atoms with Crippen molar-refractivity contribution in [3.63, 3.8) is 0 Å². The van der Waals surface area contributed by atoms with E-state index in [4.69, 9.17) is 0 Å². The molecular weight excluding hydrogens is 362 g/mol. The fourth-order valence-corrected chi connectivity index (χ4v) is 4.67. The van der Waals surface area contributed by atoms with E-state index in [1.165, 1.54) is 24.8 Å². The van der Waals surface area contributed by atoms with Gasteiger partial charge >= 0.3 is 0 Å². The van der Waals surface area contributed by atoms with Crippen molar-refractivity contribution in [2.75, 3.05) is 31.5 Å². The maximum atomic E-state index is 12.4. The van der Waals surface area contributed by atoms with Gasteiger partial charge in [-0.2, -0.15) is 0 Å². The van der Waals surface area contributed by atoms with Crippen LogP contribution < -0.4 is 5.32 Å². The highest BCUT2D eigenvalue weighted by Crippen LogP contribution is 2.30. The monoisotopic (exact) mass is 393 g/mol. The van der Waals surface area contributed by atoms with Crippen LogP contribution in [0.15, 0.2) is 40.4 Å². The third-order valence-corrected chi connectivity index (χ3v) is 6.25. The van der Waals surface area contributed by atoms with Crippen LogP contribution in [0.3, 0.4) is 0 Å². The molecule has 0 spiro atoms. The van der Waals surface area contributed by atoms with Gasteiger partial charge in [0, 0.05) is 36.4 Å². The zero-order valence-electron chi connectivity index (χ0n) is 17.2. The molecule has 29 heavy (non-hydrogen) atoms. The number of Topliss-reactive ketones (excluding diaryl/α,β-unsaturated/α-hetero) is 1. The van der Waals surface area contributed by atoms with Gasteiger partial charge in [0.25, 0.3) is 0 Å². The van der Waals surface area contributed by atoms with Crippen molar-refractivity contribution in [3.05, 3.63) is 41.0 Å². The largest absolute Gasteiger partial charge is 0.326 e. The number of nitrogens with one attached hydrogen (secondary N) is 1. The SMILES string of the molecule is O=C(CCN1CCCCC1)Nc1cccc(CC2=NCC(=O)C3=C2CCCC3)c1. The zero-order chi connectivity index (χ0) is 20.1. The molecule has 0 saturated carbocycles. The van der Waals surface area contributed by atoms with Gasteiger partial charge < -0.3 is 10.2 Å². The number of amides is 1. The molecule has 0 bridgehead atoms. The van der Waals surface area contributed by atoms with Gasteiger partial charge in [0.15, 0.2) is 5.78 Å². The molecule has 1 saturated heterocycles. The van der Waals surface area contributed by atoms with E-state index in [1.54, 1.807) is 0 Å². The molecule has 0 unspecified atom stereocenters. The number of rotatable bonds is 6. The van der Waals surface area contributed by atoms with Crippen LogP contribution >= 0.6 is 0 Å². The quantitative estimate of drug-likeness (QED) is 0.796. The van der Waals surface area contributed by atoms with Crippen molar-refractivity contribution in [2.24, 2.45) is 4.99 Å². The average molecular weight is 394 g/mol. The van der Waals surface area contributed by atoms with Gasteiger partial charge in [-0.1, -0.05) is 18.6 Å². The lowest BCUT2D eigenvalue weighted by atomic mass is 9.83. The molecule has 2 heterocycles. The van der Waals surface area contributed by atoms with Gasteiger partial charge in [-0.3, -0.25) is 14.6 Å². The molecule has 154 valence electrons. The number of anilines is 1. The van der Waals surface area contributed by atoms with Crippen LogP contribution in [0, 0.1) is 0 Å². The molecule has 3 aliphatic rings. The summed E-state index contributed by atoms with van der Waals surface area (Å²) in [5, 5.41) is 3.05. The second-order valence-electron chi connectivity index (χ2n) is 8.43. The van der Waals surface area contributed by atoms with Gasteiger partial charge in [0.2, 0.25) is 5.91 Å². The number of likely N-dealkylation sites (tertiary alicyclic amines) is 1. The Kier molecular flexibility index (Phi) is 6.55. The minimum atomic E-state index is 0.0746. The fraction of sp³-hybridized carbons (Fsp3) is 0.542. The number of ketones is 1. The number of carbonyl (C=O) groups is 2. The molecule has 5 heteroatoms. The molecule has 1 amide bonds. The highest BCUT2D eigenvalue weighted by atomic mass is 16.1.